The molecule has 2 unspecified atom stereocenters. The van der Waals surface area contributed by atoms with Crippen molar-refractivity contribution in [1.82, 2.24) is 9.74 Å². The first kappa shape index (κ1) is 22.3. The molecule has 31 heavy (non-hydrogen) atoms. The van der Waals surface area contributed by atoms with Crippen molar-refractivity contribution in [2.45, 2.75) is 34.6 Å². The number of halogens is 3. The van der Waals surface area contributed by atoms with Gasteiger partial charge in [0.2, 0.25) is 6.10 Å². The number of ether oxygens (including phenoxy) is 1. The lowest BCUT2D eigenvalue weighted by atomic mass is 10.1. The van der Waals surface area contributed by atoms with Crippen molar-refractivity contribution in [3.05, 3.63) is 70.5 Å². The Hall–Kier alpha value is -1.94. The molecule has 1 aliphatic heterocycles. The number of hydrogen-bond acceptors (Lipinski definition) is 6. The molecule has 0 aromatic heterocycles. The van der Waals surface area contributed by atoms with Gasteiger partial charge < -0.3 is 10.1 Å². The van der Waals surface area contributed by atoms with Gasteiger partial charge in [-0.05, 0) is 48.6 Å². The van der Waals surface area contributed by atoms with Gasteiger partial charge in [-0.2, -0.15) is 0 Å². The zero-order valence-electron chi connectivity index (χ0n) is 15.9. The number of nitrogens with zero attached hydrogens (tertiary/aromatic N) is 1. The van der Waals surface area contributed by atoms with Gasteiger partial charge in [0.25, 0.3) is 5.91 Å². The minimum absolute atomic E-state index is 0.167. The Morgan fingerprint density at radius 3 is 2.52 bits per heavy atom. The first-order chi connectivity index (χ1) is 14.8. The summed E-state index contributed by atoms with van der Waals surface area (Å²) in [5.41, 5.74) is -0.205. The van der Waals surface area contributed by atoms with Crippen molar-refractivity contribution in [1.29, 1.82) is 0 Å². The molecule has 6 nitrogen and oxygen atoms in total. The number of hydrogen-bond donors (Lipinski definition) is 1. The van der Waals surface area contributed by atoms with Crippen LogP contribution in [0.15, 0.2) is 59.0 Å². The maximum absolute atomic E-state index is 14.3. The molecule has 0 spiro atoms. The Kier molecular flexibility index (Phi) is 6.39. The summed E-state index contributed by atoms with van der Waals surface area (Å²) < 4.78 is 46.2. The first-order valence-electron chi connectivity index (χ1n) is 9.28. The van der Waals surface area contributed by atoms with E-state index in [0.717, 1.165) is 6.07 Å². The summed E-state index contributed by atoms with van der Waals surface area (Å²) in [6, 6.07) is 9.70. The fourth-order valence-corrected chi connectivity index (χ4v) is 5.82. The van der Waals surface area contributed by atoms with Crippen LogP contribution in [0.4, 0.5) is 4.39 Å². The number of benzene rings is 2. The van der Waals surface area contributed by atoms with Gasteiger partial charge in [-0.3, -0.25) is 9.21 Å². The van der Waals surface area contributed by atoms with E-state index in [-0.39, 0.29) is 20.9 Å². The van der Waals surface area contributed by atoms with Gasteiger partial charge in [0.05, 0.1) is 10.1 Å². The lowest BCUT2D eigenvalue weighted by Gasteiger charge is -2.24. The van der Waals surface area contributed by atoms with Crippen LogP contribution in [0, 0.1) is 5.82 Å². The summed E-state index contributed by atoms with van der Waals surface area (Å²) in [5, 5.41) is 4.27. The topological polar surface area (TPSA) is 75.7 Å². The Balaban J connectivity index is 1.61. The van der Waals surface area contributed by atoms with E-state index in [1.807, 2.05) is 0 Å². The number of sulfone groups is 1. The monoisotopic (exact) mass is 502 g/mol. The third kappa shape index (κ3) is 4.95. The van der Waals surface area contributed by atoms with E-state index in [0.29, 0.717) is 18.4 Å². The molecule has 164 valence electrons. The highest BCUT2D eigenvalue weighted by atomic mass is 35.5. The van der Waals surface area contributed by atoms with Gasteiger partial charge >= 0.3 is 0 Å². The van der Waals surface area contributed by atoms with Crippen LogP contribution >= 0.6 is 35.1 Å². The summed E-state index contributed by atoms with van der Waals surface area (Å²) in [6.07, 6.45) is 1.63. The standard InChI is InChI=1S/C20H17Cl2FN2O4S2/c21-13-3-8-17(16(23)11-13)29-18(19(26)24-20-25(22)9-10-30-20)12-1-4-14(5-2-12)31(27,28)15-6-7-15/h1-5,8-11,15,18,20H,6-7H2,(H,24,26). The first-order valence-corrected chi connectivity index (χ1v) is 12.5. The predicted molar refractivity (Wildman–Crippen MR) is 118 cm³/mol. The quantitative estimate of drug-likeness (QED) is 0.557. The Labute approximate surface area is 193 Å². The molecule has 2 aliphatic rings. The average molecular weight is 503 g/mol. The van der Waals surface area contributed by atoms with Crippen molar-refractivity contribution < 1.29 is 22.3 Å². The number of carbonyl (C=O) groups excluding carboxylic acids is 1. The number of amides is 1. The summed E-state index contributed by atoms with van der Waals surface area (Å²) >= 11 is 13.1. The van der Waals surface area contributed by atoms with Crippen LogP contribution in [0.3, 0.4) is 0 Å². The van der Waals surface area contributed by atoms with Gasteiger partial charge in [-0.1, -0.05) is 35.5 Å². The second kappa shape index (κ2) is 8.90. The van der Waals surface area contributed by atoms with Gasteiger partial charge in [0, 0.05) is 28.6 Å². The highest BCUT2D eigenvalue weighted by molar-refractivity contribution is 8.02. The number of thioether (sulfide) groups is 1. The highest BCUT2D eigenvalue weighted by Gasteiger charge is 2.37. The maximum Gasteiger partial charge on any atom is 0.268 e. The lowest BCUT2D eigenvalue weighted by molar-refractivity contribution is -0.128. The number of rotatable bonds is 7. The second-order valence-electron chi connectivity index (χ2n) is 7.01. The van der Waals surface area contributed by atoms with E-state index in [4.69, 9.17) is 28.1 Å². The van der Waals surface area contributed by atoms with E-state index >= 15 is 0 Å². The van der Waals surface area contributed by atoms with Crippen molar-refractivity contribution in [3.8, 4) is 5.75 Å². The van der Waals surface area contributed by atoms with Crippen LogP contribution in [0.1, 0.15) is 24.5 Å². The molecule has 0 bridgehead atoms. The Morgan fingerprint density at radius 2 is 1.94 bits per heavy atom. The SMILES string of the molecule is O=C(NC1SC=CN1Cl)C(Oc1ccc(Cl)cc1F)c1ccc(S(=O)(=O)C2CC2)cc1. The second-order valence-corrected chi connectivity index (χ2v) is 11.1. The average Bonchev–Trinajstić information content (AvgIpc) is 3.52. The maximum atomic E-state index is 14.3. The van der Waals surface area contributed by atoms with Crippen molar-refractivity contribution in [2.75, 3.05) is 0 Å². The van der Waals surface area contributed by atoms with Gasteiger partial charge in [-0.25, -0.2) is 12.8 Å². The molecular weight excluding hydrogens is 486 g/mol. The van der Waals surface area contributed by atoms with Crippen LogP contribution in [-0.2, 0) is 14.6 Å². The molecule has 2 atom stereocenters. The summed E-state index contributed by atoms with van der Waals surface area (Å²) in [6.45, 7) is 0. The van der Waals surface area contributed by atoms with Crippen LogP contribution in [0.2, 0.25) is 5.02 Å². The fraction of sp³-hybridized carbons (Fsp3) is 0.250. The smallest absolute Gasteiger partial charge is 0.268 e. The van der Waals surface area contributed by atoms with Gasteiger partial charge in [-0.15, -0.1) is 0 Å². The molecule has 11 heteroatoms. The Morgan fingerprint density at radius 1 is 1.23 bits per heavy atom. The normalized spacial score (nSPS) is 19.3. The van der Waals surface area contributed by atoms with Gasteiger partial charge in [0.15, 0.2) is 26.9 Å². The molecule has 2 aromatic carbocycles. The number of nitrogens with one attached hydrogen (secondary N) is 1. The largest absolute Gasteiger partial charge is 0.473 e. The van der Waals surface area contributed by atoms with E-state index < -0.39 is 33.2 Å². The van der Waals surface area contributed by atoms with Gasteiger partial charge in [0.1, 0.15) is 0 Å². The number of carbonyl (C=O) groups is 1. The molecule has 1 aliphatic carbocycles. The van der Waals surface area contributed by atoms with Crippen LogP contribution in [0.5, 0.6) is 5.75 Å². The van der Waals surface area contributed by atoms with E-state index in [1.165, 1.54) is 52.6 Å². The van der Waals surface area contributed by atoms with Crippen LogP contribution in [-0.4, -0.2) is 29.5 Å². The molecule has 1 fully saturated rings. The fourth-order valence-electron chi connectivity index (χ4n) is 2.97. The third-order valence-corrected chi connectivity index (χ3v) is 8.57. The van der Waals surface area contributed by atoms with Crippen molar-refractivity contribution in [3.63, 3.8) is 0 Å². The molecule has 1 N–H and O–H groups in total. The summed E-state index contributed by atoms with van der Waals surface area (Å²) in [4.78, 5) is 13.2. The van der Waals surface area contributed by atoms with Crippen LogP contribution < -0.4 is 10.1 Å². The molecule has 1 heterocycles. The zero-order valence-corrected chi connectivity index (χ0v) is 19.0. The van der Waals surface area contributed by atoms with E-state index in [9.17, 15) is 17.6 Å². The minimum Gasteiger partial charge on any atom is -0.473 e. The van der Waals surface area contributed by atoms with E-state index in [2.05, 4.69) is 5.32 Å². The predicted octanol–water partition coefficient (Wildman–Crippen LogP) is 4.61. The lowest BCUT2D eigenvalue weighted by Crippen LogP contribution is -2.41. The van der Waals surface area contributed by atoms with Crippen LogP contribution in [0.25, 0.3) is 0 Å². The molecule has 0 radical (unpaired) electrons. The van der Waals surface area contributed by atoms with Crippen molar-refractivity contribution in [2.24, 2.45) is 0 Å². The van der Waals surface area contributed by atoms with Crippen molar-refractivity contribution >= 4 is 50.9 Å². The molecular formula is C20H17Cl2FN2O4S2. The molecule has 1 saturated carbocycles. The molecule has 4 rings (SSSR count). The Bertz CT molecular complexity index is 1120. The molecule has 2 aromatic rings. The minimum atomic E-state index is -3.38. The zero-order chi connectivity index (χ0) is 22.2. The summed E-state index contributed by atoms with van der Waals surface area (Å²) in [7, 11) is -3.38. The molecule has 1 amide bonds. The highest BCUT2D eigenvalue weighted by Crippen LogP contribution is 2.34. The summed E-state index contributed by atoms with van der Waals surface area (Å²) in [5.74, 6) is -1.47. The van der Waals surface area contributed by atoms with E-state index in [1.54, 1.807) is 11.6 Å². The third-order valence-electron chi connectivity index (χ3n) is 4.75. The molecule has 0 saturated heterocycles.